The van der Waals surface area contributed by atoms with Gasteiger partial charge in [0.25, 0.3) is 5.91 Å². The topological polar surface area (TPSA) is 99.4 Å². The second-order valence-corrected chi connectivity index (χ2v) is 5.47. The summed E-state index contributed by atoms with van der Waals surface area (Å²) < 4.78 is 43.2. The summed E-state index contributed by atoms with van der Waals surface area (Å²) in [7, 11) is 1.29. The number of methoxy groups -OCH3 is 1. The zero-order chi connectivity index (χ0) is 20.9. The van der Waals surface area contributed by atoms with E-state index >= 15 is 0 Å². The standard InChI is InChI=1S/C19H13F3N2O4/c1-28-16-6-5-11(8-15(16)18(26)27)7-12(10-23)17(25)24-14-4-2-3-13(9-14)19(20,21)22/h2-9H,1H3,(H,24,25)(H,26,27)/b12-7-. The molecule has 0 saturated heterocycles. The van der Waals surface area contributed by atoms with Crippen molar-refractivity contribution in [2.24, 2.45) is 0 Å². The van der Waals surface area contributed by atoms with Gasteiger partial charge in [0.2, 0.25) is 0 Å². The highest BCUT2D eigenvalue weighted by Gasteiger charge is 2.30. The number of alkyl halides is 3. The lowest BCUT2D eigenvalue weighted by Crippen LogP contribution is -2.14. The largest absolute Gasteiger partial charge is 0.496 e. The fourth-order valence-electron chi connectivity index (χ4n) is 2.27. The number of nitrogens with one attached hydrogen (secondary N) is 1. The fourth-order valence-corrected chi connectivity index (χ4v) is 2.27. The average molecular weight is 390 g/mol. The Labute approximate surface area is 157 Å². The van der Waals surface area contributed by atoms with Crippen molar-refractivity contribution in [3.63, 3.8) is 0 Å². The van der Waals surface area contributed by atoms with E-state index in [1.54, 1.807) is 6.07 Å². The molecule has 144 valence electrons. The van der Waals surface area contributed by atoms with Crippen LogP contribution < -0.4 is 10.1 Å². The number of carboxylic acids is 1. The van der Waals surface area contributed by atoms with Crippen LogP contribution in [-0.4, -0.2) is 24.1 Å². The molecule has 0 atom stereocenters. The highest BCUT2D eigenvalue weighted by molar-refractivity contribution is 6.09. The summed E-state index contributed by atoms with van der Waals surface area (Å²) in [5.74, 6) is -2.11. The number of nitrogens with zero attached hydrogens (tertiary/aromatic N) is 1. The maximum Gasteiger partial charge on any atom is 0.416 e. The van der Waals surface area contributed by atoms with Crippen LogP contribution in [0.5, 0.6) is 5.75 Å². The van der Waals surface area contributed by atoms with Gasteiger partial charge in [-0.05, 0) is 42.0 Å². The first-order valence-electron chi connectivity index (χ1n) is 7.67. The van der Waals surface area contributed by atoms with Crippen LogP contribution >= 0.6 is 0 Å². The number of carbonyl (C=O) groups is 2. The highest BCUT2D eigenvalue weighted by atomic mass is 19.4. The number of aromatic carboxylic acids is 1. The van der Waals surface area contributed by atoms with Gasteiger partial charge in [-0.25, -0.2) is 4.79 Å². The van der Waals surface area contributed by atoms with Crippen LogP contribution in [0.4, 0.5) is 18.9 Å². The quantitative estimate of drug-likeness (QED) is 0.595. The predicted octanol–water partition coefficient (Wildman–Crippen LogP) is 3.96. The summed E-state index contributed by atoms with van der Waals surface area (Å²) >= 11 is 0. The van der Waals surface area contributed by atoms with Gasteiger partial charge in [-0.15, -0.1) is 0 Å². The molecule has 9 heteroatoms. The van der Waals surface area contributed by atoms with Crippen molar-refractivity contribution in [3.05, 3.63) is 64.7 Å². The molecule has 0 spiro atoms. The molecule has 2 aromatic rings. The smallest absolute Gasteiger partial charge is 0.416 e. The summed E-state index contributed by atoms with van der Waals surface area (Å²) in [4.78, 5) is 23.5. The zero-order valence-electron chi connectivity index (χ0n) is 14.4. The number of benzene rings is 2. The number of carboxylic acid groups (broad SMARTS) is 1. The van der Waals surface area contributed by atoms with E-state index in [1.807, 2.05) is 0 Å². The molecule has 0 heterocycles. The maximum absolute atomic E-state index is 12.7. The lowest BCUT2D eigenvalue weighted by molar-refractivity contribution is -0.137. The van der Waals surface area contributed by atoms with E-state index in [0.717, 1.165) is 24.3 Å². The minimum Gasteiger partial charge on any atom is -0.496 e. The number of amides is 1. The van der Waals surface area contributed by atoms with E-state index in [4.69, 9.17) is 4.74 Å². The molecule has 0 aliphatic heterocycles. The number of carbonyl (C=O) groups excluding carboxylic acids is 1. The summed E-state index contributed by atoms with van der Waals surface area (Å²) in [6.45, 7) is 0. The molecule has 0 bridgehead atoms. The second-order valence-electron chi connectivity index (χ2n) is 5.47. The van der Waals surface area contributed by atoms with Crippen molar-refractivity contribution in [2.45, 2.75) is 6.18 Å². The van der Waals surface area contributed by atoms with Gasteiger partial charge in [-0.3, -0.25) is 4.79 Å². The van der Waals surface area contributed by atoms with Gasteiger partial charge in [-0.1, -0.05) is 12.1 Å². The monoisotopic (exact) mass is 390 g/mol. The summed E-state index contributed by atoms with van der Waals surface area (Å²) in [6.07, 6.45) is -3.46. The number of hydrogen-bond acceptors (Lipinski definition) is 4. The number of anilines is 1. The normalized spacial score (nSPS) is 11.5. The third-order valence-electron chi connectivity index (χ3n) is 3.58. The van der Waals surface area contributed by atoms with Crippen molar-refractivity contribution >= 4 is 23.6 Å². The van der Waals surface area contributed by atoms with Gasteiger partial charge in [0, 0.05) is 5.69 Å². The minimum atomic E-state index is -4.58. The predicted molar refractivity (Wildman–Crippen MR) is 93.6 cm³/mol. The van der Waals surface area contributed by atoms with Crippen LogP contribution in [0, 0.1) is 11.3 Å². The lowest BCUT2D eigenvalue weighted by Gasteiger charge is -2.10. The Hall–Kier alpha value is -3.80. The van der Waals surface area contributed by atoms with Gasteiger partial charge in [0.1, 0.15) is 23.0 Å². The van der Waals surface area contributed by atoms with Gasteiger partial charge in [0.05, 0.1) is 12.7 Å². The molecule has 28 heavy (non-hydrogen) atoms. The third kappa shape index (κ3) is 4.88. The molecule has 0 unspecified atom stereocenters. The van der Waals surface area contributed by atoms with E-state index in [1.165, 1.54) is 31.4 Å². The second kappa shape index (κ2) is 8.26. The van der Waals surface area contributed by atoms with Gasteiger partial charge < -0.3 is 15.2 Å². The van der Waals surface area contributed by atoms with Gasteiger partial charge in [0.15, 0.2) is 0 Å². The average Bonchev–Trinajstić information content (AvgIpc) is 2.65. The van der Waals surface area contributed by atoms with Crippen molar-refractivity contribution < 1.29 is 32.6 Å². The van der Waals surface area contributed by atoms with Gasteiger partial charge in [-0.2, -0.15) is 18.4 Å². The molecule has 2 aromatic carbocycles. The van der Waals surface area contributed by atoms with Crippen molar-refractivity contribution in [1.82, 2.24) is 0 Å². The van der Waals surface area contributed by atoms with Crippen LogP contribution in [0.25, 0.3) is 6.08 Å². The van der Waals surface area contributed by atoms with Crippen LogP contribution in [-0.2, 0) is 11.0 Å². The first-order chi connectivity index (χ1) is 13.2. The Balaban J connectivity index is 2.31. The Bertz CT molecular complexity index is 991. The Morgan fingerprint density at radius 1 is 1.21 bits per heavy atom. The highest BCUT2D eigenvalue weighted by Crippen LogP contribution is 2.30. The lowest BCUT2D eigenvalue weighted by atomic mass is 10.1. The first-order valence-corrected chi connectivity index (χ1v) is 7.67. The number of halogens is 3. The zero-order valence-corrected chi connectivity index (χ0v) is 14.4. The molecule has 0 aromatic heterocycles. The number of nitriles is 1. The van der Waals surface area contributed by atoms with Crippen molar-refractivity contribution in [3.8, 4) is 11.8 Å². The fraction of sp³-hybridized carbons (Fsp3) is 0.105. The van der Waals surface area contributed by atoms with Crippen LogP contribution in [0.1, 0.15) is 21.5 Å². The van der Waals surface area contributed by atoms with Gasteiger partial charge >= 0.3 is 12.1 Å². The van der Waals surface area contributed by atoms with E-state index < -0.39 is 29.2 Å². The van der Waals surface area contributed by atoms with E-state index in [0.29, 0.717) is 0 Å². The molecule has 0 radical (unpaired) electrons. The number of hydrogen-bond donors (Lipinski definition) is 2. The van der Waals surface area contributed by atoms with E-state index in [9.17, 15) is 33.1 Å². The van der Waals surface area contributed by atoms with E-state index in [-0.39, 0.29) is 22.6 Å². The first kappa shape index (κ1) is 20.5. The summed E-state index contributed by atoms with van der Waals surface area (Å²) in [5.41, 5.74) is -1.45. The third-order valence-corrected chi connectivity index (χ3v) is 3.58. The molecule has 2 N–H and O–H groups in total. The molecule has 2 rings (SSSR count). The van der Waals surface area contributed by atoms with Crippen molar-refractivity contribution in [2.75, 3.05) is 12.4 Å². The van der Waals surface area contributed by atoms with Crippen LogP contribution in [0.2, 0.25) is 0 Å². The Kier molecular flexibility index (Phi) is 6.05. The molecular formula is C19H13F3N2O4. The van der Waals surface area contributed by atoms with Crippen LogP contribution in [0.3, 0.4) is 0 Å². The Morgan fingerprint density at radius 3 is 2.50 bits per heavy atom. The summed E-state index contributed by atoms with van der Waals surface area (Å²) in [6, 6.07) is 9.59. The Morgan fingerprint density at radius 2 is 1.93 bits per heavy atom. The SMILES string of the molecule is COc1ccc(/C=C(/C#N)C(=O)Nc2cccc(C(F)(F)F)c2)cc1C(=O)O. The molecular weight excluding hydrogens is 377 g/mol. The molecule has 6 nitrogen and oxygen atoms in total. The molecule has 0 aliphatic rings. The van der Waals surface area contributed by atoms with Crippen LogP contribution in [0.15, 0.2) is 48.0 Å². The van der Waals surface area contributed by atoms with E-state index in [2.05, 4.69) is 5.32 Å². The molecule has 1 amide bonds. The summed E-state index contributed by atoms with van der Waals surface area (Å²) in [5, 5.41) is 20.6. The minimum absolute atomic E-state index is 0.0941. The molecule has 0 saturated carbocycles. The number of rotatable bonds is 5. The molecule has 0 aliphatic carbocycles. The van der Waals surface area contributed by atoms with Crippen molar-refractivity contribution in [1.29, 1.82) is 5.26 Å². The molecule has 0 fully saturated rings. The maximum atomic E-state index is 12.7. The number of ether oxygens (including phenoxy) is 1.